The largest absolute Gasteiger partial charge is 0.377 e. The van der Waals surface area contributed by atoms with Gasteiger partial charge in [0.2, 0.25) is 5.12 Å². The molecule has 0 spiro atoms. The molecule has 56 valence electrons. The van der Waals surface area contributed by atoms with Gasteiger partial charge in [0.1, 0.15) is 5.44 Å². The molecule has 2 nitrogen and oxygen atoms in total. The second kappa shape index (κ2) is 2.36. The lowest BCUT2D eigenvalue weighted by atomic mass is 10.1. The molecule has 0 amide bonds. The number of aliphatic hydroxyl groups is 1. The summed E-state index contributed by atoms with van der Waals surface area (Å²) in [6.07, 6.45) is 0. The quantitative estimate of drug-likeness (QED) is 0.635. The number of rotatable bonds is 0. The van der Waals surface area contributed by atoms with Crippen molar-refractivity contribution in [3.8, 4) is 0 Å². The maximum absolute atomic E-state index is 11.1. The summed E-state index contributed by atoms with van der Waals surface area (Å²) < 4.78 is 0. The summed E-state index contributed by atoms with van der Waals surface area (Å²) in [7, 11) is 0. The number of thioether (sulfide) groups is 1. The van der Waals surface area contributed by atoms with Gasteiger partial charge in [-0.15, -0.1) is 0 Å². The number of benzene rings is 1. The average Bonchev–Trinajstić information content (AvgIpc) is 2.30. The molecule has 1 aromatic carbocycles. The lowest BCUT2D eigenvalue weighted by Gasteiger charge is -1.97. The van der Waals surface area contributed by atoms with Crippen LogP contribution < -0.4 is 0 Å². The molecular formula is C8H6O2S. The Bertz CT molecular complexity index is 309. The summed E-state index contributed by atoms with van der Waals surface area (Å²) in [5.41, 5.74) is 0.728. The lowest BCUT2D eigenvalue weighted by Crippen LogP contribution is -1.87. The van der Waals surface area contributed by atoms with Crippen molar-refractivity contribution in [1.82, 2.24) is 0 Å². The Kier molecular flexibility index (Phi) is 1.47. The highest BCUT2D eigenvalue weighted by Gasteiger charge is 2.27. The first-order valence-electron chi connectivity index (χ1n) is 3.27. The highest BCUT2D eigenvalue weighted by Crippen LogP contribution is 2.38. The Balaban J connectivity index is 2.60. The van der Waals surface area contributed by atoms with Gasteiger partial charge >= 0.3 is 0 Å². The molecule has 3 heteroatoms. The molecule has 0 saturated carbocycles. The van der Waals surface area contributed by atoms with Crippen LogP contribution in [0.4, 0.5) is 0 Å². The van der Waals surface area contributed by atoms with E-state index in [1.165, 1.54) is 0 Å². The minimum absolute atomic E-state index is 0.0342. The van der Waals surface area contributed by atoms with E-state index in [2.05, 4.69) is 0 Å². The van der Waals surface area contributed by atoms with E-state index in [9.17, 15) is 9.90 Å². The third kappa shape index (κ3) is 0.968. The second-order valence-corrected chi connectivity index (χ2v) is 3.40. The molecule has 0 saturated heterocycles. The van der Waals surface area contributed by atoms with Crippen LogP contribution >= 0.6 is 11.8 Å². The predicted molar refractivity (Wildman–Crippen MR) is 43.3 cm³/mol. The highest BCUT2D eigenvalue weighted by molar-refractivity contribution is 8.14. The Hall–Kier alpha value is -0.800. The number of fused-ring (bicyclic) bond motifs is 1. The fourth-order valence-electron chi connectivity index (χ4n) is 1.13. The van der Waals surface area contributed by atoms with Crippen molar-refractivity contribution in [2.45, 2.75) is 5.44 Å². The number of aliphatic hydroxyl groups excluding tert-OH is 1. The molecule has 1 aliphatic rings. The van der Waals surface area contributed by atoms with Crippen LogP contribution in [0.2, 0.25) is 0 Å². The summed E-state index contributed by atoms with van der Waals surface area (Å²) >= 11 is 0.966. The number of hydrogen-bond donors (Lipinski definition) is 1. The Morgan fingerprint density at radius 2 is 2.09 bits per heavy atom. The van der Waals surface area contributed by atoms with Crippen LogP contribution in [-0.2, 0) is 0 Å². The van der Waals surface area contributed by atoms with Gasteiger partial charge in [-0.2, -0.15) is 0 Å². The van der Waals surface area contributed by atoms with Crippen LogP contribution in [0.25, 0.3) is 0 Å². The number of hydrogen-bond acceptors (Lipinski definition) is 3. The summed E-state index contributed by atoms with van der Waals surface area (Å²) in [6.45, 7) is 0. The van der Waals surface area contributed by atoms with Gasteiger partial charge in [0, 0.05) is 11.1 Å². The van der Waals surface area contributed by atoms with E-state index in [1.54, 1.807) is 18.2 Å². The van der Waals surface area contributed by atoms with Gasteiger partial charge < -0.3 is 5.11 Å². The van der Waals surface area contributed by atoms with Crippen LogP contribution in [-0.4, -0.2) is 10.2 Å². The second-order valence-electron chi connectivity index (χ2n) is 2.34. The van der Waals surface area contributed by atoms with E-state index in [1.807, 2.05) is 6.07 Å². The van der Waals surface area contributed by atoms with E-state index in [0.717, 1.165) is 17.3 Å². The monoisotopic (exact) mass is 166 g/mol. The molecule has 11 heavy (non-hydrogen) atoms. The standard InChI is InChI=1S/C8H6O2S/c9-7-5-3-1-2-4-6(5)8(10)11-7/h1-4,7,9H. The van der Waals surface area contributed by atoms with E-state index >= 15 is 0 Å². The SMILES string of the molecule is O=C1SC(O)c2ccccc21. The molecule has 1 N–H and O–H groups in total. The zero-order valence-corrected chi connectivity index (χ0v) is 6.47. The molecule has 1 heterocycles. The average molecular weight is 166 g/mol. The van der Waals surface area contributed by atoms with Crippen LogP contribution in [0.5, 0.6) is 0 Å². The smallest absolute Gasteiger partial charge is 0.222 e. The van der Waals surface area contributed by atoms with E-state index < -0.39 is 5.44 Å². The van der Waals surface area contributed by atoms with E-state index in [0.29, 0.717) is 5.56 Å². The van der Waals surface area contributed by atoms with Crippen molar-refractivity contribution in [3.63, 3.8) is 0 Å². The first kappa shape index (κ1) is 6.88. The zero-order valence-electron chi connectivity index (χ0n) is 5.65. The fourth-order valence-corrected chi connectivity index (χ4v) is 1.97. The molecular weight excluding hydrogens is 160 g/mol. The van der Waals surface area contributed by atoms with E-state index in [-0.39, 0.29) is 5.12 Å². The molecule has 0 aromatic heterocycles. The van der Waals surface area contributed by atoms with Crippen molar-refractivity contribution in [2.75, 3.05) is 0 Å². The zero-order chi connectivity index (χ0) is 7.84. The summed E-state index contributed by atoms with van der Waals surface area (Å²) in [5.74, 6) is 0. The molecule has 0 aliphatic carbocycles. The normalized spacial score (nSPS) is 21.9. The maximum Gasteiger partial charge on any atom is 0.222 e. The molecule has 0 radical (unpaired) electrons. The molecule has 0 fully saturated rings. The van der Waals surface area contributed by atoms with Gasteiger partial charge in [0.15, 0.2) is 0 Å². The lowest BCUT2D eigenvalue weighted by molar-refractivity contribution is 0.109. The molecule has 2 rings (SSSR count). The number of carbonyl (C=O) groups is 1. The van der Waals surface area contributed by atoms with Crippen LogP contribution in [0.1, 0.15) is 21.4 Å². The Morgan fingerprint density at radius 1 is 1.36 bits per heavy atom. The van der Waals surface area contributed by atoms with Crippen LogP contribution in [0, 0.1) is 0 Å². The molecule has 0 bridgehead atoms. The summed E-state index contributed by atoms with van der Waals surface area (Å²) in [6, 6.07) is 7.13. The van der Waals surface area contributed by atoms with Crippen molar-refractivity contribution in [3.05, 3.63) is 35.4 Å². The topological polar surface area (TPSA) is 37.3 Å². The molecule has 1 atom stereocenters. The third-order valence-electron chi connectivity index (χ3n) is 1.67. The van der Waals surface area contributed by atoms with Crippen molar-refractivity contribution in [2.24, 2.45) is 0 Å². The predicted octanol–water partition coefficient (Wildman–Crippen LogP) is 1.56. The Morgan fingerprint density at radius 3 is 2.82 bits per heavy atom. The first-order valence-corrected chi connectivity index (χ1v) is 4.15. The van der Waals surface area contributed by atoms with Crippen molar-refractivity contribution < 1.29 is 9.90 Å². The minimum atomic E-state index is -0.654. The van der Waals surface area contributed by atoms with Gasteiger partial charge in [0.25, 0.3) is 0 Å². The van der Waals surface area contributed by atoms with Crippen molar-refractivity contribution in [1.29, 1.82) is 0 Å². The Labute approximate surface area is 68.2 Å². The fraction of sp³-hybridized carbons (Fsp3) is 0.125. The van der Waals surface area contributed by atoms with Crippen LogP contribution in [0.15, 0.2) is 24.3 Å². The van der Waals surface area contributed by atoms with Gasteiger partial charge in [-0.25, -0.2) is 0 Å². The summed E-state index contributed by atoms with van der Waals surface area (Å²) in [5, 5.41) is 9.26. The van der Waals surface area contributed by atoms with Crippen molar-refractivity contribution >= 4 is 16.9 Å². The van der Waals surface area contributed by atoms with Gasteiger partial charge in [-0.3, -0.25) is 4.79 Å². The summed E-state index contributed by atoms with van der Waals surface area (Å²) in [4.78, 5) is 11.1. The molecule has 1 aliphatic heterocycles. The van der Waals surface area contributed by atoms with Gasteiger partial charge in [-0.1, -0.05) is 24.3 Å². The van der Waals surface area contributed by atoms with Crippen LogP contribution in [0.3, 0.4) is 0 Å². The highest BCUT2D eigenvalue weighted by atomic mass is 32.2. The van der Waals surface area contributed by atoms with E-state index in [4.69, 9.17) is 0 Å². The number of carbonyl (C=O) groups excluding carboxylic acids is 1. The van der Waals surface area contributed by atoms with Gasteiger partial charge in [-0.05, 0) is 11.8 Å². The van der Waals surface area contributed by atoms with Gasteiger partial charge in [0.05, 0.1) is 0 Å². The molecule has 1 unspecified atom stereocenters. The molecule has 1 aromatic rings. The third-order valence-corrected chi connectivity index (χ3v) is 2.58. The minimum Gasteiger partial charge on any atom is -0.377 e. The first-order chi connectivity index (χ1) is 5.29. The maximum atomic E-state index is 11.1.